The number of halogens is 2. The molecule has 1 aromatic carbocycles. The molecule has 4 N–H and O–H groups in total. The number of benzene rings is 1. The standard InChI is InChI=1S/C26H25ClFN7O3S/c1-2-26(28)9-12-34(13-10-26)18-14-30-24(21(29)32-18)39-16-7-5-6-15(20(16)27)31-22(36)19-23(37)33-17-8-3-4-11-35(17)25(19)38/h3-8,11,14,37H,2,9-10,12-13H2,1H3,(H2,29,32)(H,31,36). The molecule has 3 aromatic heterocycles. The Hall–Kier alpha value is -3.90. The third kappa shape index (κ3) is 5.34. The van der Waals surface area contributed by atoms with Crippen molar-refractivity contribution in [2.75, 3.05) is 29.0 Å². The highest BCUT2D eigenvalue weighted by atomic mass is 35.5. The first kappa shape index (κ1) is 26.7. The van der Waals surface area contributed by atoms with Gasteiger partial charge in [0.05, 0.1) is 16.9 Å². The molecular formula is C26H25ClFN7O3S. The molecule has 0 bridgehead atoms. The van der Waals surface area contributed by atoms with Crippen LogP contribution in [-0.4, -0.2) is 49.1 Å². The molecule has 1 amide bonds. The van der Waals surface area contributed by atoms with Crippen LogP contribution in [0, 0.1) is 0 Å². The number of aromatic hydroxyl groups is 1. The number of hydrogen-bond donors (Lipinski definition) is 3. The number of pyridine rings is 1. The molecule has 0 aliphatic carbocycles. The Morgan fingerprint density at radius 2 is 2.00 bits per heavy atom. The minimum absolute atomic E-state index is 0.185. The van der Waals surface area contributed by atoms with Crippen LogP contribution in [0.3, 0.4) is 0 Å². The second kappa shape index (κ2) is 10.7. The van der Waals surface area contributed by atoms with Crippen molar-refractivity contribution in [3.8, 4) is 5.88 Å². The van der Waals surface area contributed by atoms with Gasteiger partial charge in [-0.15, -0.1) is 0 Å². The van der Waals surface area contributed by atoms with E-state index in [9.17, 15) is 19.1 Å². The topological polar surface area (TPSA) is 139 Å². The fourth-order valence-corrected chi connectivity index (χ4v) is 5.45. The Kier molecular flexibility index (Phi) is 7.32. The summed E-state index contributed by atoms with van der Waals surface area (Å²) in [4.78, 5) is 41.1. The van der Waals surface area contributed by atoms with Gasteiger partial charge in [-0.3, -0.25) is 14.0 Å². The van der Waals surface area contributed by atoms with Crippen molar-refractivity contribution in [1.82, 2.24) is 19.4 Å². The number of nitrogen functional groups attached to an aromatic ring is 1. The highest BCUT2D eigenvalue weighted by Gasteiger charge is 2.33. The van der Waals surface area contributed by atoms with Crippen molar-refractivity contribution in [2.24, 2.45) is 0 Å². The number of rotatable bonds is 6. The number of carbonyl (C=O) groups is 1. The molecule has 0 radical (unpaired) electrons. The van der Waals surface area contributed by atoms with Crippen LogP contribution >= 0.6 is 23.4 Å². The fourth-order valence-electron chi connectivity index (χ4n) is 4.35. The second-order valence-electron chi connectivity index (χ2n) is 9.13. The maximum Gasteiger partial charge on any atom is 0.274 e. The molecule has 202 valence electrons. The first-order valence-electron chi connectivity index (χ1n) is 12.2. The van der Waals surface area contributed by atoms with Crippen LogP contribution in [0.15, 0.2) is 63.5 Å². The van der Waals surface area contributed by atoms with Crippen molar-refractivity contribution in [3.05, 3.63) is 69.7 Å². The van der Waals surface area contributed by atoms with Gasteiger partial charge in [-0.2, -0.15) is 4.98 Å². The van der Waals surface area contributed by atoms with E-state index in [1.54, 1.807) is 36.5 Å². The molecule has 0 unspecified atom stereocenters. The number of anilines is 3. The average molecular weight is 570 g/mol. The van der Waals surface area contributed by atoms with E-state index in [1.165, 1.54) is 12.3 Å². The van der Waals surface area contributed by atoms with Gasteiger partial charge in [0.2, 0.25) is 5.88 Å². The van der Waals surface area contributed by atoms with Gasteiger partial charge in [-0.05, 0) is 43.5 Å². The molecule has 4 aromatic rings. The van der Waals surface area contributed by atoms with Gasteiger partial charge in [0.25, 0.3) is 11.5 Å². The first-order chi connectivity index (χ1) is 18.7. The van der Waals surface area contributed by atoms with Gasteiger partial charge in [0, 0.05) is 24.2 Å². The number of piperidine rings is 1. The van der Waals surface area contributed by atoms with E-state index in [1.807, 2.05) is 11.8 Å². The van der Waals surface area contributed by atoms with E-state index >= 15 is 0 Å². The van der Waals surface area contributed by atoms with Crippen LogP contribution in [0.4, 0.5) is 21.7 Å². The summed E-state index contributed by atoms with van der Waals surface area (Å²) in [6, 6.07) is 9.75. The molecule has 1 saturated heterocycles. The molecular weight excluding hydrogens is 545 g/mol. The van der Waals surface area contributed by atoms with Crippen molar-refractivity contribution in [2.45, 2.75) is 41.8 Å². The second-order valence-corrected chi connectivity index (χ2v) is 10.5. The zero-order chi connectivity index (χ0) is 27.7. The number of nitrogens with one attached hydrogen (secondary N) is 1. The summed E-state index contributed by atoms with van der Waals surface area (Å²) in [5.74, 6) is -0.778. The minimum Gasteiger partial charge on any atom is -0.493 e. The summed E-state index contributed by atoms with van der Waals surface area (Å²) in [6.45, 7) is 2.92. The normalized spacial score (nSPS) is 14.9. The lowest BCUT2D eigenvalue weighted by Crippen LogP contribution is -2.41. The number of nitrogens with zero attached hydrogens (tertiary/aromatic N) is 5. The number of hydrogen-bond acceptors (Lipinski definition) is 9. The van der Waals surface area contributed by atoms with E-state index in [0.717, 1.165) is 16.2 Å². The molecule has 5 rings (SSSR count). The SMILES string of the molecule is CCC1(F)CCN(c2cnc(Sc3cccc(NC(=O)c4c(O)nc5ccccn5c4=O)c3Cl)c(N)n2)CC1. The summed E-state index contributed by atoms with van der Waals surface area (Å²) in [6.07, 6.45) is 4.39. The molecule has 0 spiro atoms. The Labute approximate surface area is 232 Å². The maximum atomic E-state index is 14.6. The monoisotopic (exact) mass is 569 g/mol. The lowest BCUT2D eigenvalue weighted by atomic mass is 9.91. The predicted molar refractivity (Wildman–Crippen MR) is 149 cm³/mol. The summed E-state index contributed by atoms with van der Waals surface area (Å²) in [5, 5.41) is 13.4. The van der Waals surface area contributed by atoms with Gasteiger partial charge in [0.15, 0.2) is 11.4 Å². The lowest BCUT2D eigenvalue weighted by Gasteiger charge is -2.36. The van der Waals surface area contributed by atoms with Crippen LogP contribution in [0.1, 0.15) is 36.5 Å². The molecule has 13 heteroatoms. The molecule has 10 nitrogen and oxygen atoms in total. The van der Waals surface area contributed by atoms with Gasteiger partial charge < -0.3 is 21.1 Å². The number of fused-ring (bicyclic) bond motifs is 1. The smallest absolute Gasteiger partial charge is 0.274 e. The quantitative estimate of drug-likeness (QED) is 0.305. The van der Waals surface area contributed by atoms with Crippen LogP contribution in [0.5, 0.6) is 5.88 Å². The average Bonchev–Trinajstić information content (AvgIpc) is 2.92. The number of amides is 1. The molecule has 4 heterocycles. The van der Waals surface area contributed by atoms with E-state index < -0.39 is 28.6 Å². The van der Waals surface area contributed by atoms with Crippen LogP contribution < -0.4 is 21.5 Å². The van der Waals surface area contributed by atoms with Gasteiger partial charge >= 0.3 is 0 Å². The highest BCUT2D eigenvalue weighted by Crippen LogP contribution is 2.39. The van der Waals surface area contributed by atoms with Gasteiger partial charge in [-0.1, -0.05) is 42.4 Å². The third-order valence-corrected chi connectivity index (χ3v) is 8.32. The van der Waals surface area contributed by atoms with E-state index in [0.29, 0.717) is 48.1 Å². The fraction of sp³-hybridized carbons (Fsp3) is 0.269. The Morgan fingerprint density at radius 3 is 2.72 bits per heavy atom. The zero-order valence-corrected chi connectivity index (χ0v) is 22.5. The maximum absolute atomic E-state index is 14.6. The van der Waals surface area contributed by atoms with Gasteiger partial charge in [-0.25, -0.2) is 14.4 Å². The Morgan fingerprint density at radius 1 is 1.23 bits per heavy atom. The Bertz CT molecular complexity index is 1630. The van der Waals surface area contributed by atoms with Crippen molar-refractivity contribution in [1.29, 1.82) is 0 Å². The van der Waals surface area contributed by atoms with Gasteiger partial charge in [0.1, 0.15) is 22.2 Å². The van der Waals surface area contributed by atoms with Crippen molar-refractivity contribution < 1.29 is 14.3 Å². The molecule has 1 fully saturated rings. The lowest BCUT2D eigenvalue weighted by molar-refractivity contribution is 0.102. The number of nitrogens with two attached hydrogens (primary N) is 1. The molecule has 39 heavy (non-hydrogen) atoms. The van der Waals surface area contributed by atoms with Crippen LogP contribution in [0.25, 0.3) is 5.65 Å². The van der Waals surface area contributed by atoms with Crippen LogP contribution in [0.2, 0.25) is 5.02 Å². The van der Waals surface area contributed by atoms with Crippen molar-refractivity contribution >= 4 is 52.2 Å². The Balaban J connectivity index is 1.34. The highest BCUT2D eigenvalue weighted by molar-refractivity contribution is 7.99. The predicted octanol–water partition coefficient (Wildman–Crippen LogP) is 4.55. The largest absolute Gasteiger partial charge is 0.493 e. The van der Waals surface area contributed by atoms with E-state index in [-0.39, 0.29) is 22.2 Å². The van der Waals surface area contributed by atoms with E-state index in [4.69, 9.17) is 17.3 Å². The zero-order valence-electron chi connectivity index (χ0n) is 20.9. The van der Waals surface area contributed by atoms with E-state index in [2.05, 4.69) is 20.3 Å². The summed E-state index contributed by atoms with van der Waals surface area (Å²) in [7, 11) is 0. The number of aromatic nitrogens is 4. The molecule has 0 atom stereocenters. The third-order valence-electron chi connectivity index (χ3n) is 6.73. The summed E-state index contributed by atoms with van der Waals surface area (Å²) in [5.41, 5.74) is 4.24. The first-order valence-corrected chi connectivity index (χ1v) is 13.4. The number of carbonyl (C=O) groups excluding carboxylic acids is 1. The molecule has 1 aliphatic heterocycles. The minimum atomic E-state index is -1.14. The summed E-state index contributed by atoms with van der Waals surface area (Å²) < 4.78 is 15.7. The molecule has 0 saturated carbocycles. The van der Waals surface area contributed by atoms with Crippen LogP contribution in [-0.2, 0) is 0 Å². The number of alkyl halides is 1. The summed E-state index contributed by atoms with van der Waals surface area (Å²) >= 11 is 7.74. The molecule has 1 aliphatic rings. The van der Waals surface area contributed by atoms with Crippen molar-refractivity contribution in [3.63, 3.8) is 0 Å².